The second kappa shape index (κ2) is 6.87. The van der Waals surface area contributed by atoms with Gasteiger partial charge in [0.15, 0.2) is 16.6 Å². The smallest absolute Gasteiger partial charge is 0.276 e. The van der Waals surface area contributed by atoms with E-state index in [1.54, 1.807) is 56.4 Å². The fraction of sp³-hybridized carbons (Fsp3) is 0.375. The molecular formula is C16H20N2O4S. The zero-order chi connectivity index (χ0) is 17.1. The Bertz CT molecular complexity index is 672. The maximum Gasteiger partial charge on any atom is 0.276 e. The molecular weight excluding hydrogens is 316 g/mol. The molecule has 0 aliphatic carbocycles. The van der Waals surface area contributed by atoms with E-state index in [4.69, 9.17) is 26.4 Å². The maximum absolute atomic E-state index is 12.5. The van der Waals surface area contributed by atoms with Crippen LogP contribution in [0.15, 0.2) is 17.8 Å². The van der Waals surface area contributed by atoms with Crippen LogP contribution in [0.3, 0.4) is 0 Å². The van der Waals surface area contributed by atoms with Crippen molar-refractivity contribution >= 4 is 29.3 Å². The second-order valence-electron chi connectivity index (χ2n) is 4.87. The number of methoxy groups -OCH3 is 3. The van der Waals surface area contributed by atoms with Gasteiger partial charge in [-0.15, -0.1) is 0 Å². The van der Waals surface area contributed by atoms with E-state index in [0.29, 0.717) is 40.2 Å². The Hall–Kier alpha value is -2.28. The number of thiocarbonyl (C=S) groups is 1. The lowest BCUT2D eigenvalue weighted by Gasteiger charge is -2.14. The quantitative estimate of drug-likeness (QED) is 0.606. The summed E-state index contributed by atoms with van der Waals surface area (Å²) in [4.78, 5) is 15.7. The third-order valence-electron chi connectivity index (χ3n) is 3.69. The Morgan fingerprint density at radius 1 is 1.09 bits per heavy atom. The molecule has 0 atom stereocenters. The average Bonchev–Trinajstić information content (AvgIpc) is 2.77. The minimum atomic E-state index is -0.128. The molecule has 0 N–H and O–H groups in total. The van der Waals surface area contributed by atoms with E-state index in [1.165, 1.54) is 0 Å². The molecule has 1 aromatic rings. The van der Waals surface area contributed by atoms with Crippen molar-refractivity contribution in [3.8, 4) is 17.2 Å². The predicted octanol–water partition coefficient (Wildman–Crippen LogP) is 2.13. The van der Waals surface area contributed by atoms with Gasteiger partial charge < -0.3 is 19.1 Å². The topological polar surface area (TPSA) is 51.2 Å². The number of hydrogen-bond donors (Lipinski definition) is 0. The lowest BCUT2D eigenvalue weighted by Crippen LogP contribution is -2.30. The molecule has 1 aromatic carbocycles. The van der Waals surface area contributed by atoms with Crippen molar-refractivity contribution in [1.29, 1.82) is 0 Å². The Morgan fingerprint density at radius 3 is 2.13 bits per heavy atom. The van der Waals surface area contributed by atoms with E-state index in [2.05, 4.69) is 0 Å². The van der Waals surface area contributed by atoms with Gasteiger partial charge in [0.25, 0.3) is 5.91 Å². The van der Waals surface area contributed by atoms with Crippen molar-refractivity contribution in [1.82, 2.24) is 9.80 Å². The van der Waals surface area contributed by atoms with Gasteiger partial charge >= 0.3 is 0 Å². The molecule has 0 radical (unpaired) electrons. The van der Waals surface area contributed by atoms with E-state index in [1.807, 2.05) is 6.92 Å². The van der Waals surface area contributed by atoms with Gasteiger partial charge in [-0.2, -0.15) is 0 Å². The molecule has 1 saturated heterocycles. The summed E-state index contributed by atoms with van der Waals surface area (Å²) in [6.45, 7) is 2.42. The molecule has 0 aromatic heterocycles. The first-order chi connectivity index (χ1) is 11.0. The summed E-state index contributed by atoms with van der Waals surface area (Å²) < 4.78 is 16.0. The monoisotopic (exact) mass is 336 g/mol. The van der Waals surface area contributed by atoms with Gasteiger partial charge in [-0.1, -0.05) is 0 Å². The normalized spacial score (nSPS) is 16.3. The van der Waals surface area contributed by atoms with Gasteiger partial charge in [-0.25, -0.2) is 0 Å². The molecule has 1 heterocycles. The summed E-state index contributed by atoms with van der Waals surface area (Å²) in [5.74, 6) is 1.57. The number of carbonyl (C=O) groups is 1. The van der Waals surface area contributed by atoms with Crippen LogP contribution in [0.5, 0.6) is 17.2 Å². The summed E-state index contributed by atoms with van der Waals surface area (Å²) in [7, 11) is 6.45. The minimum Gasteiger partial charge on any atom is -0.496 e. The van der Waals surface area contributed by atoms with Crippen LogP contribution in [0.4, 0.5) is 0 Å². The lowest BCUT2D eigenvalue weighted by molar-refractivity contribution is -0.122. The van der Waals surface area contributed by atoms with Crippen LogP contribution in [0.1, 0.15) is 12.5 Å². The highest BCUT2D eigenvalue weighted by molar-refractivity contribution is 7.80. The van der Waals surface area contributed by atoms with Crippen molar-refractivity contribution in [2.75, 3.05) is 34.9 Å². The van der Waals surface area contributed by atoms with Crippen LogP contribution in [-0.4, -0.2) is 55.7 Å². The molecule has 0 bridgehead atoms. The minimum absolute atomic E-state index is 0.128. The highest BCUT2D eigenvalue weighted by Gasteiger charge is 2.34. The van der Waals surface area contributed by atoms with Gasteiger partial charge in [0.1, 0.15) is 11.4 Å². The molecule has 23 heavy (non-hydrogen) atoms. The Balaban J connectivity index is 2.54. The number of amides is 1. The third kappa shape index (κ3) is 2.96. The van der Waals surface area contributed by atoms with Gasteiger partial charge in [0.05, 0.1) is 21.3 Å². The van der Waals surface area contributed by atoms with Crippen LogP contribution >= 0.6 is 12.2 Å². The largest absolute Gasteiger partial charge is 0.496 e. The van der Waals surface area contributed by atoms with Crippen LogP contribution in [0.2, 0.25) is 0 Å². The highest BCUT2D eigenvalue weighted by Crippen LogP contribution is 2.36. The van der Waals surface area contributed by atoms with Crippen LogP contribution < -0.4 is 14.2 Å². The van der Waals surface area contributed by atoms with Gasteiger partial charge in [0.2, 0.25) is 0 Å². The van der Waals surface area contributed by atoms with E-state index >= 15 is 0 Å². The first-order valence-electron chi connectivity index (χ1n) is 7.09. The summed E-state index contributed by atoms with van der Waals surface area (Å²) in [5.41, 5.74) is 1.20. The fourth-order valence-corrected chi connectivity index (χ4v) is 2.71. The maximum atomic E-state index is 12.5. The van der Waals surface area contributed by atoms with Crippen molar-refractivity contribution in [2.45, 2.75) is 6.92 Å². The van der Waals surface area contributed by atoms with Gasteiger partial charge in [-0.05, 0) is 31.3 Å². The number of hydrogen-bond acceptors (Lipinski definition) is 5. The molecule has 7 heteroatoms. The first kappa shape index (κ1) is 17.1. The van der Waals surface area contributed by atoms with E-state index < -0.39 is 0 Å². The van der Waals surface area contributed by atoms with Crippen LogP contribution in [0.25, 0.3) is 6.08 Å². The summed E-state index contributed by atoms with van der Waals surface area (Å²) >= 11 is 5.30. The van der Waals surface area contributed by atoms with E-state index in [9.17, 15) is 4.79 Å². The highest BCUT2D eigenvalue weighted by atomic mass is 32.1. The number of likely N-dealkylation sites (N-methyl/N-ethyl adjacent to an activating group) is 2. The average molecular weight is 336 g/mol. The zero-order valence-electron chi connectivity index (χ0n) is 13.9. The number of ether oxygens (including phenoxy) is 3. The SMILES string of the molecule is CCN1C(=O)C(=Cc2cc(OC)c(OC)cc2OC)N(C)C1=S. The molecule has 2 rings (SSSR count). The van der Waals surface area contributed by atoms with Crippen LogP contribution in [0, 0.1) is 0 Å². The molecule has 0 spiro atoms. The third-order valence-corrected chi connectivity index (χ3v) is 4.18. The Morgan fingerprint density at radius 2 is 1.65 bits per heavy atom. The second-order valence-corrected chi connectivity index (χ2v) is 5.23. The molecule has 1 amide bonds. The van der Waals surface area contributed by atoms with Crippen molar-refractivity contribution in [2.24, 2.45) is 0 Å². The number of rotatable bonds is 5. The molecule has 1 aliphatic heterocycles. The Labute approximate surface area is 141 Å². The Kier molecular flexibility index (Phi) is 5.10. The number of nitrogens with zero attached hydrogens (tertiary/aromatic N) is 2. The molecule has 0 unspecified atom stereocenters. The molecule has 124 valence electrons. The zero-order valence-corrected chi connectivity index (χ0v) is 14.7. The standard InChI is InChI=1S/C16H20N2O4S/c1-6-18-15(19)11(17(2)16(18)23)7-10-8-13(21-4)14(22-5)9-12(10)20-3/h7-9H,6H2,1-5H3. The first-order valence-corrected chi connectivity index (χ1v) is 7.50. The van der Waals surface area contributed by atoms with Gasteiger partial charge in [-0.3, -0.25) is 9.69 Å². The van der Waals surface area contributed by atoms with E-state index in [-0.39, 0.29) is 5.91 Å². The van der Waals surface area contributed by atoms with Crippen molar-refractivity contribution in [3.05, 3.63) is 23.4 Å². The van der Waals surface area contributed by atoms with Crippen LogP contribution in [-0.2, 0) is 4.79 Å². The predicted molar refractivity (Wildman–Crippen MR) is 91.8 cm³/mol. The van der Waals surface area contributed by atoms with Crippen molar-refractivity contribution < 1.29 is 19.0 Å². The van der Waals surface area contributed by atoms with Crippen molar-refractivity contribution in [3.63, 3.8) is 0 Å². The number of carbonyl (C=O) groups excluding carboxylic acids is 1. The summed E-state index contributed by atoms with van der Waals surface area (Å²) in [6.07, 6.45) is 1.74. The lowest BCUT2D eigenvalue weighted by atomic mass is 10.1. The van der Waals surface area contributed by atoms with Gasteiger partial charge in [0, 0.05) is 25.2 Å². The summed E-state index contributed by atoms with van der Waals surface area (Å²) in [5, 5.41) is 0.489. The molecule has 1 aliphatic rings. The molecule has 0 saturated carbocycles. The number of benzene rings is 1. The molecule has 1 fully saturated rings. The van der Waals surface area contributed by atoms with E-state index in [0.717, 1.165) is 0 Å². The molecule has 6 nitrogen and oxygen atoms in total. The fourth-order valence-electron chi connectivity index (χ4n) is 2.40. The summed E-state index contributed by atoms with van der Waals surface area (Å²) in [6, 6.07) is 3.49.